The minimum absolute atomic E-state index is 0.277. The van der Waals surface area contributed by atoms with E-state index in [4.69, 9.17) is 5.53 Å². The molecule has 0 aromatic heterocycles. The van der Waals surface area contributed by atoms with Crippen LogP contribution >= 0.6 is 0 Å². The molecule has 6 nitrogen and oxygen atoms in total. The monoisotopic (exact) mass is 228 g/mol. The normalized spacial score (nSPS) is 10.9. The molecule has 0 saturated heterocycles. The van der Waals surface area contributed by atoms with E-state index in [1.54, 1.807) is 0 Å². The molecule has 16 heavy (non-hydrogen) atoms. The lowest BCUT2D eigenvalue weighted by Gasteiger charge is -2.30. The van der Waals surface area contributed by atoms with Crippen LogP contribution in [0.5, 0.6) is 0 Å². The van der Waals surface area contributed by atoms with E-state index in [0.29, 0.717) is 19.4 Å². The third kappa shape index (κ3) is 4.51. The summed E-state index contributed by atoms with van der Waals surface area (Å²) in [6.07, 6.45) is 2.79. The highest BCUT2D eigenvalue weighted by molar-refractivity contribution is 5.78. The molecular weight excluding hydrogens is 208 g/mol. The molecule has 0 unspecified atom stereocenters. The van der Waals surface area contributed by atoms with E-state index in [1.165, 1.54) is 0 Å². The fourth-order valence-corrected chi connectivity index (χ4v) is 1.83. The number of nitrogens with one attached hydrogen (secondary N) is 1. The molecule has 0 amide bonds. The summed E-state index contributed by atoms with van der Waals surface area (Å²) in [4.78, 5) is 13.9. The molecule has 0 rings (SSSR count). The van der Waals surface area contributed by atoms with Crippen LogP contribution in [0.1, 0.15) is 39.5 Å². The van der Waals surface area contributed by atoms with Crippen molar-refractivity contribution in [3.05, 3.63) is 10.4 Å². The van der Waals surface area contributed by atoms with Crippen LogP contribution in [0.25, 0.3) is 10.4 Å². The SMILES string of the molecule is CCCC(CCC)(NCCN=[N+]=[N-])C(=O)O. The smallest absolute Gasteiger partial charge is 0.323 e. The number of azide groups is 1. The first kappa shape index (κ1) is 14.7. The quantitative estimate of drug-likeness (QED) is 0.274. The van der Waals surface area contributed by atoms with Crippen molar-refractivity contribution in [2.24, 2.45) is 5.11 Å². The summed E-state index contributed by atoms with van der Waals surface area (Å²) in [7, 11) is 0. The second kappa shape index (κ2) is 7.96. The first-order valence-electron chi connectivity index (χ1n) is 5.62. The highest BCUT2D eigenvalue weighted by Gasteiger charge is 2.35. The minimum Gasteiger partial charge on any atom is -0.480 e. The van der Waals surface area contributed by atoms with Crippen LogP contribution < -0.4 is 5.32 Å². The Morgan fingerprint density at radius 3 is 2.38 bits per heavy atom. The van der Waals surface area contributed by atoms with Crippen molar-refractivity contribution >= 4 is 5.97 Å². The van der Waals surface area contributed by atoms with Gasteiger partial charge in [0.05, 0.1) is 0 Å². The van der Waals surface area contributed by atoms with Crippen LogP contribution in [0.3, 0.4) is 0 Å². The molecule has 92 valence electrons. The van der Waals surface area contributed by atoms with Crippen molar-refractivity contribution in [2.45, 2.75) is 45.1 Å². The third-order valence-electron chi connectivity index (χ3n) is 2.50. The zero-order valence-corrected chi connectivity index (χ0v) is 9.94. The Morgan fingerprint density at radius 1 is 1.44 bits per heavy atom. The fraction of sp³-hybridized carbons (Fsp3) is 0.900. The van der Waals surface area contributed by atoms with Crippen molar-refractivity contribution in [3.63, 3.8) is 0 Å². The maximum Gasteiger partial charge on any atom is 0.323 e. The molecule has 0 atom stereocenters. The lowest BCUT2D eigenvalue weighted by molar-refractivity contribution is -0.145. The lowest BCUT2D eigenvalue weighted by Crippen LogP contribution is -2.52. The molecule has 0 aromatic carbocycles. The molecule has 0 aliphatic carbocycles. The van der Waals surface area contributed by atoms with Crippen molar-refractivity contribution in [1.29, 1.82) is 0 Å². The molecule has 0 radical (unpaired) electrons. The van der Waals surface area contributed by atoms with Gasteiger partial charge in [0.1, 0.15) is 5.54 Å². The van der Waals surface area contributed by atoms with E-state index < -0.39 is 11.5 Å². The highest BCUT2D eigenvalue weighted by Crippen LogP contribution is 2.19. The van der Waals surface area contributed by atoms with Gasteiger partial charge in [0.15, 0.2) is 0 Å². The molecule has 0 saturated carbocycles. The second-order valence-corrected chi connectivity index (χ2v) is 3.77. The number of carboxylic acids is 1. The zero-order valence-electron chi connectivity index (χ0n) is 9.94. The molecule has 0 aliphatic heterocycles. The molecular formula is C10H20N4O2. The van der Waals surface area contributed by atoms with Crippen molar-refractivity contribution < 1.29 is 9.90 Å². The van der Waals surface area contributed by atoms with E-state index in [1.807, 2.05) is 13.8 Å². The second-order valence-electron chi connectivity index (χ2n) is 3.77. The Morgan fingerprint density at radius 2 is 2.00 bits per heavy atom. The minimum atomic E-state index is -0.867. The molecule has 0 spiro atoms. The molecule has 6 heteroatoms. The van der Waals surface area contributed by atoms with Gasteiger partial charge in [-0.3, -0.25) is 4.79 Å². The van der Waals surface area contributed by atoms with Crippen molar-refractivity contribution in [3.8, 4) is 0 Å². The Balaban J connectivity index is 4.47. The third-order valence-corrected chi connectivity index (χ3v) is 2.50. The summed E-state index contributed by atoms with van der Waals surface area (Å²) < 4.78 is 0. The van der Waals surface area contributed by atoms with E-state index >= 15 is 0 Å². The highest BCUT2D eigenvalue weighted by atomic mass is 16.4. The van der Waals surface area contributed by atoms with Gasteiger partial charge in [-0.2, -0.15) is 0 Å². The largest absolute Gasteiger partial charge is 0.480 e. The van der Waals surface area contributed by atoms with Gasteiger partial charge in [0.25, 0.3) is 0 Å². The molecule has 0 fully saturated rings. The molecule has 0 bridgehead atoms. The molecule has 0 aromatic rings. The number of rotatable bonds is 9. The van der Waals surface area contributed by atoms with E-state index in [-0.39, 0.29) is 6.54 Å². The van der Waals surface area contributed by atoms with Gasteiger partial charge in [0, 0.05) is 18.0 Å². The average molecular weight is 228 g/mol. The summed E-state index contributed by atoms with van der Waals surface area (Å²) in [6, 6.07) is 0. The van der Waals surface area contributed by atoms with Crippen LogP contribution in [-0.2, 0) is 4.79 Å². The topological polar surface area (TPSA) is 98.1 Å². The van der Waals surface area contributed by atoms with Crippen LogP contribution in [-0.4, -0.2) is 29.7 Å². The van der Waals surface area contributed by atoms with Gasteiger partial charge in [0.2, 0.25) is 0 Å². The average Bonchev–Trinajstić information content (AvgIpc) is 2.24. The Bertz CT molecular complexity index is 256. The first-order chi connectivity index (χ1) is 7.63. The summed E-state index contributed by atoms with van der Waals surface area (Å²) in [5.74, 6) is -0.822. The maximum atomic E-state index is 11.3. The molecule has 0 aliphatic rings. The predicted molar refractivity (Wildman–Crippen MR) is 62.2 cm³/mol. The standard InChI is InChI=1S/C10H20N4O2/c1-3-5-10(6-4-2,9(15)16)12-7-8-13-14-11/h12H,3-8H2,1-2H3,(H,15,16). The van der Waals surface area contributed by atoms with E-state index in [9.17, 15) is 9.90 Å². The number of carbonyl (C=O) groups is 1. The molecule has 2 N–H and O–H groups in total. The van der Waals surface area contributed by atoms with Crippen LogP contribution in [0.15, 0.2) is 5.11 Å². The maximum absolute atomic E-state index is 11.3. The summed E-state index contributed by atoms with van der Waals surface area (Å²) >= 11 is 0. The Kier molecular flexibility index (Phi) is 7.33. The van der Waals surface area contributed by atoms with Crippen molar-refractivity contribution in [2.75, 3.05) is 13.1 Å². The summed E-state index contributed by atoms with van der Waals surface area (Å²) in [5, 5.41) is 15.7. The first-order valence-corrected chi connectivity index (χ1v) is 5.62. The van der Waals surface area contributed by atoms with E-state index in [0.717, 1.165) is 12.8 Å². The number of hydrogen-bond acceptors (Lipinski definition) is 3. The number of aliphatic carboxylic acids is 1. The Hall–Kier alpha value is -1.26. The summed E-state index contributed by atoms with van der Waals surface area (Å²) in [5.41, 5.74) is 7.26. The Labute approximate surface area is 95.7 Å². The van der Waals surface area contributed by atoms with Gasteiger partial charge in [-0.25, -0.2) is 0 Å². The predicted octanol–water partition coefficient (Wildman–Crippen LogP) is 2.31. The van der Waals surface area contributed by atoms with Crippen molar-refractivity contribution in [1.82, 2.24) is 5.32 Å². The van der Waals surface area contributed by atoms with Gasteiger partial charge >= 0.3 is 5.97 Å². The molecule has 0 heterocycles. The zero-order chi connectivity index (χ0) is 12.4. The van der Waals surface area contributed by atoms with Crippen LogP contribution in [0, 0.1) is 0 Å². The van der Waals surface area contributed by atoms with Crippen LogP contribution in [0.4, 0.5) is 0 Å². The number of carboxylic acid groups (broad SMARTS) is 1. The lowest BCUT2D eigenvalue weighted by atomic mass is 9.88. The van der Waals surface area contributed by atoms with Gasteiger partial charge in [-0.15, -0.1) is 0 Å². The number of hydrogen-bond donors (Lipinski definition) is 2. The summed E-state index contributed by atoms with van der Waals surface area (Å²) in [6.45, 7) is 4.60. The van der Waals surface area contributed by atoms with Gasteiger partial charge < -0.3 is 10.4 Å². The fourth-order valence-electron chi connectivity index (χ4n) is 1.83. The number of nitrogens with zero attached hydrogens (tertiary/aromatic N) is 3. The van der Waals surface area contributed by atoms with Crippen LogP contribution in [0.2, 0.25) is 0 Å². The van der Waals surface area contributed by atoms with Gasteiger partial charge in [-0.1, -0.05) is 31.8 Å². The van der Waals surface area contributed by atoms with Gasteiger partial charge in [-0.05, 0) is 18.4 Å². The van der Waals surface area contributed by atoms with E-state index in [2.05, 4.69) is 15.3 Å².